The largest absolute Gasteiger partial charge is 0.328 e. The topological polar surface area (TPSA) is 42.1 Å². The van der Waals surface area contributed by atoms with Gasteiger partial charge in [-0.2, -0.15) is 0 Å². The molecule has 0 bridgehead atoms. The second-order valence-corrected chi connectivity index (χ2v) is 6.70. The minimum atomic E-state index is 0.318. The fourth-order valence-corrected chi connectivity index (χ4v) is 3.33. The van der Waals surface area contributed by atoms with Gasteiger partial charge in [-0.25, -0.2) is 4.98 Å². The highest BCUT2D eigenvalue weighted by molar-refractivity contribution is 9.11. The highest BCUT2D eigenvalue weighted by atomic mass is 79.9. The van der Waals surface area contributed by atoms with E-state index in [2.05, 4.69) is 32.7 Å². The first-order valence-electron chi connectivity index (χ1n) is 5.23. The van der Waals surface area contributed by atoms with Crippen molar-refractivity contribution in [2.75, 3.05) is 13.1 Å². The van der Waals surface area contributed by atoms with Crippen LogP contribution in [0.3, 0.4) is 0 Å². The van der Waals surface area contributed by atoms with E-state index in [4.69, 9.17) is 5.73 Å². The Morgan fingerprint density at radius 1 is 1.80 bits per heavy atom. The molecule has 15 heavy (non-hydrogen) atoms. The van der Waals surface area contributed by atoms with Gasteiger partial charge in [-0.05, 0) is 41.7 Å². The summed E-state index contributed by atoms with van der Waals surface area (Å²) < 4.78 is 1.11. The molecule has 1 aliphatic rings. The molecule has 2 unspecified atom stereocenters. The molecule has 1 saturated heterocycles. The number of aromatic nitrogens is 1. The van der Waals surface area contributed by atoms with Crippen molar-refractivity contribution in [3.63, 3.8) is 0 Å². The van der Waals surface area contributed by atoms with Crippen molar-refractivity contribution in [3.8, 4) is 0 Å². The molecule has 2 atom stereocenters. The molecule has 2 N–H and O–H groups in total. The lowest BCUT2D eigenvalue weighted by atomic mass is 10.0. The number of halogens is 1. The third-order valence-electron chi connectivity index (χ3n) is 2.94. The molecule has 1 fully saturated rings. The Morgan fingerprint density at radius 2 is 2.60 bits per heavy atom. The number of hydrogen-bond acceptors (Lipinski definition) is 4. The van der Waals surface area contributed by atoms with Crippen LogP contribution in [0, 0.1) is 5.92 Å². The van der Waals surface area contributed by atoms with E-state index in [0.717, 1.165) is 23.4 Å². The van der Waals surface area contributed by atoms with Gasteiger partial charge >= 0.3 is 0 Å². The van der Waals surface area contributed by atoms with Crippen LogP contribution in [-0.2, 0) is 6.54 Å². The van der Waals surface area contributed by atoms with Gasteiger partial charge in [-0.1, -0.05) is 0 Å². The van der Waals surface area contributed by atoms with Gasteiger partial charge in [0.15, 0.2) is 0 Å². The smallest absolute Gasteiger partial charge is 0.108 e. The molecular weight excluding hydrogens is 274 g/mol. The zero-order valence-electron chi connectivity index (χ0n) is 8.82. The number of thiazole rings is 1. The van der Waals surface area contributed by atoms with Crippen molar-refractivity contribution >= 4 is 27.3 Å². The summed E-state index contributed by atoms with van der Waals surface area (Å²) in [5.41, 5.74) is 5.91. The zero-order valence-corrected chi connectivity index (χ0v) is 11.2. The quantitative estimate of drug-likeness (QED) is 0.926. The first kappa shape index (κ1) is 11.5. The lowest BCUT2D eigenvalue weighted by molar-refractivity contribution is 0.308. The predicted octanol–water partition coefficient (Wildman–Crippen LogP) is 2.07. The standard InChI is InChI=1S/C10H16BrN3S/c1-7(12)8-2-3-14(5-8)6-10-13-4-9(11)15-10/h4,7-8H,2-3,5-6,12H2,1H3. The molecule has 3 nitrogen and oxygen atoms in total. The average Bonchev–Trinajstić information content (AvgIpc) is 2.76. The van der Waals surface area contributed by atoms with Crippen molar-refractivity contribution < 1.29 is 0 Å². The van der Waals surface area contributed by atoms with Crippen molar-refractivity contribution in [1.29, 1.82) is 0 Å². The van der Waals surface area contributed by atoms with E-state index >= 15 is 0 Å². The van der Waals surface area contributed by atoms with Gasteiger partial charge < -0.3 is 5.73 Å². The van der Waals surface area contributed by atoms with E-state index < -0.39 is 0 Å². The third kappa shape index (κ3) is 3.00. The Labute approximate surface area is 103 Å². The van der Waals surface area contributed by atoms with E-state index in [1.54, 1.807) is 11.3 Å². The second-order valence-electron chi connectivity index (χ2n) is 4.20. The summed E-state index contributed by atoms with van der Waals surface area (Å²) in [7, 11) is 0. The molecule has 1 aliphatic heterocycles. The molecule has 84 valence electrons. The molecule has 0 saturated carbocycles. The highest BCUT2D eigenvalue weighted by Gasteiger charge is 2.25. The van der Waals surface area contributed by atoms with E-state index in [-0.39, 0.29) is 0 Å². The molecule has 2 heterocycles. The number of nitrogens with zero attached hydrogens (tertiary/aromatic N) is 2. The van der Waals surface area contributed by atoms with E-state index in [1.807, 2.05) is 6.20 Å². The summed E-state index contributed by atoms with van der Waals surface area (Å²) >= 11 is 5.15. The molecule has 2 rings (SSSR count). The van der Waals surface area contributed by atoms with E-state index in [9.17, 15) is 0 Å². The van der Waals surface area contributed by atoms with E-state index in [1.165, 1.54) is 11.4 Å². The molecule has 5 heteroatoms. The van der Waals surface area contributed by atoms with Crippen LogP contribution in [-0.4, -0.2) is 29.0 Å². The minimum Gasteiger partial charge on any atom is -0.328 e. The first-order chi connectivity index (χ1) is 7.15. The summed E-state index contributed by atoms with van der Waals surface area (Å²) in [5.74, 6) is 0.661. The molecule has 1 aromatic rings. The first-order valence-corrected chi connectivity index (χ1v) is 6.84. The van der Waals surface area contributed by atoms with Crippen LogP contribution in [0.25, 0.3) is 0 Å². The van der Waals surface area contributed by atoms with Gasteiger partial charge in [0.1, 0.15) is 5.01 Å². The summed E-state index contributed by atoms with van der Waals surface area (Å²) in [6.07, 6.45) is 3.10. The van der Waals surface area contributed by atoms with Gasteiger partial charge in [-0.3, -0.25) is 4.90 Å². The van der Waals surface area contributed by atoms with Crippen LogP contribution in [0.5, 0.6) is 0 Å². The Balaban J connectivity index is 1.87. The molecule has 0 radical (unpaired) electrons. The lowest BCUT2D eigenvalue weighted by Gasteiger charge is -2.16. The fraction of sp³-hybridized carbons (Fsp3) is 0.700. The van der Waals surface area contributed by atoms with Gasteiger partial charge in [0.05, 0.1) is 16.5 Å². The predicted molar refractivity (Wildman–Crippen MR) is 66.8 cm³/mol. The monoisotopic (exact) mass is 289 g/mol. The lowest BCUT2D eigenvalue weighted by Crippen LogP contribution is -2.29. The minimum absolute atomic E-state index is 0.318. The van der Waals surface area contributed by atoms with Crippen LogP contribution in [0.2, 0.25) is 0 Å². The summed E-state index contributed by atoms with van der Waals surface area (Å²) in [6.45, 7) is 5.35. The van der Waals surface area contributed by atoms with Gasteiger partial charge in [0.2, 0.25) is 0 Å². The Bertz CT molecular complexity index is 326. The maximum Gasteiger partial charge on any atom is 0.108 e. The Kier molecular flexibility index (Phi) is 3.77. The normalized spacial score (nSPS) is 24.6. The molecule has 0 amide bonds. The summed E-state index contributed by atoms with van der Waals surface area (Å²) in [6, 6.07) is 0.318. The van der Waals surface area contributed by atoms with Crippen LogP contribution in [0.15, 0.2) is 9.98 Å². The third-order valence-corrected chi connectivity index (χ3v) is 4.40. The van der Waals surface area contributed by atoms with E-state index in [0.29, 0.717) is 12.0 Å². The van der Waals surface area contributed by atoms with Gasteiger partial charge in [-0.15, -0.1) is 11.3 Å². The maximum atomic E-state index is 5.91. The SMILES string of the molecule is CC(N)C1CCN(Cc2ncc(Br)s2)C1. The maximum absolute atomic E-state index is 5.91. The van der Waals surface area contributed by atoms with Crippen LogP contribution >= 0.6 is 27.3 Å². The van der Waals surface area contributed by atoms with Crippen molar-refractivity contribution in [1.82, 2.24) is 9.88 Å². The molecule has 0 spiro atoms. The average molecular weight is 290 g/mol. The van der Waals surface area contributed by atoms with Crippen LogP contribution < -0.4 is 5.73 Å². The number of nitrogens with two attached hydrogens (primary N) is 1. The molecule has 1 aromatic heterocycles. The number of likely N-dealkylation sites (tertiary alicyclic amines) is 1. The summed E-state index contributed by atoms with van der Waals surface area (Å²) in [5, 5.41) is 1.19. The van der Waals surface area contributed by atoms with Crippen LogP contribution in [0.4, 0.5) is 0 Å². The highest BCUT2D eigenvalue weighted by Crippen LogP contribution is 2.24. The Morgan fingerprint density at radius 3 is 3.13 bits per heavy atom. The molecule has 0 aliphatic carbocycles. The number of hydrogen-bond donors (Lipinski definition) is 1. The van der Waals surface area contributed by atoms with Crippen molar-refractivity contribution in [2.45, 2.75) is 25.9 Å². The fourth-order valence-electron chi connectivity index (χ4n) is 1.99. The summed E-state index contributed by atoms with van der Waals surface area (Å²) in [4.78, 5) is 6.79. The molecule has 0 aromatic carbocycles. The number of rotatable bonds is 3. The van der Waals surface area contributed by atoms with Crippen molar-refractivity contribution in [2.24, 2.45) is 11.7 Å². The van der Waals surface area contributed by atoms with Gasteiger partial charge in [0.25, 0.3) is 0 Å². The zero-order chi connectivity index (χ0) is 10.8. The van der Waals surface area contributed by atoms with Crippen molar-refractivity contribution in [3.05, 3.63) is 15.0 Å². The van der Waals surface area contributed by atoms with Gasteiger partial charge in [0, 0.05) is 12.6 Å². The Hall–Kier alpha value is 0.0300. The molecular formula is C10H16BrN3S. The van der Waals surface area contributed by atoms with Crippen LogP contribution in [0.1, 0.15) is 18.4 Å². The second kappa shape index (κ2) is 4.91.